The number of aldehydes is 1. The number of carbonyl (C=O) groups is 2. The van der Waals surface area contributed by atoms with Crippen LogP contribution in [-0.4, -0.2) is 60.1 Å². The number of carbonyl (C=O) groups excluding carboxylic acids is 2. The van der Waals surface area contributed by atoms with Gasteiger partial charge in [0.25, 0.3) is 0 Å². The van der Waals surface area contributed by atoms with E-state index in [2.05, 4.69) is 9.80 Å². The lowest BCUT2D eigenvalue weighted by atomic mass is 9.93. The van der Waals surface area contributed by atoms with Gasteiger partial charge in [-0.15, -0.1) is 12.4 Å². The van der Waals surface area contributed by atoms with Gasteiger partial charge in [0.15, 0.2) is 5.78 Å². The molecule has 0 aromatic heterocycles. The fourth-order valence-electron chi connectivity index (χ4n) is 4.18. The summed E-state index contributed by atoms with van der Waals surface area (Å²) >= 11 is 5.91. The van der Waals surface area contributed by atoms with Gasteiger partial charge in [-0.25, -0.2) is 0 Å². The zero-order valence-corrected chi connectivity index (χ0v) is 16.7. The predicted octanol–water partition coefficient (Wildman–Crippen LogP) is 3.85. The first-order valence-electron chi connectivity index (χ1n) is 9.40. The van der Waals surface area contributed by atoms with Crippen LogP contribution in [0.5, 0.6) is 0 Å². The molecule has 1 saturated heterocycles. The maximum Gasteiger partial charge on any atom is 0.180 e. The minimum absolute atomic E-state index is 0. The fraction of sp³-hybridized carbons (Fsp3) is 0.600. The van der Waals surface area contributed by atoms with E-state index >= 15 is 0 Å². The van der Waals surface area contributed by atoms with Gasteiger partial charge in [0.2, 0.25) is 0 Å². The Morgan fingerprint density at radius 1 is 1.08 bits per heavy atom. The Balaban J connectivity index is 0.00000243. The van der Waals surface area contributed by atoms with Crippen LogP contribution in [0, 0.1) is 0 Å². The molecule has 1 atom stereocenters. The lowest BCUT2D eigenvalue weighted by Gasteiger charge is -2.42. The number of rotatable bonds is 6. The fourth-order valence-corrected chi connectivity index (χ4v) is 4.31. The van der Waals surface area contributed by atoms with Crippen LogP contribution in [0.3, 0.4) is 0 Å². The molecule has 4 nitrogen and oxygen atoms in total. The lowest BCUT2D eigenvalue weighted by Crippen LogP contribution is -2.55. The van der Waals surface area contributed by atoms with Crippen LogP contribution in [0.15, 0.2) is 24.3 Å². The Hall–Kier alpha value is -0.940. The van der Waals surface area contributed by atoms with Gasteiger partial charge >= 0.3 is 0 Å². The van der Waals surface area contributed by atoms with Crippen LogP contribution in [-0.2, 0) is 4.79 Å². The largest absolute Gasteiger partial charge is 0.303 e. The van der Waals surface area contributed by atoms with Crippen molar-refractivity contribution in [3.05, 3.63) is 34.9 Å². The molecule has 1 saturated carbocycles. The summed E-state index contributed by atoms with van der Waals surface area (Å²) in [6, 6.07) is 7.32. The van der Waals surface area contributed by atoms with E-state index in [1.165, 1.54) is 32.1 Å². The third-order valence-electron chi connectivity index (χ3n) is 5.63. The maximum absolute atomic E-state index is 12.9. The molecule has 0 amide bonds. The molecule has 1 aromatic rings. The van der Waals surface area contributed by atoms with Gasteiger partial charge in [-0.3, -0.25) is 14.6 Å². The van der Waals surface area contributed by atoms with Crippen molar-refractivity contribution in [2.24, 2.45) is 0 Å². The average molecular weight is 399 g/mol. The molecule has 1 unspecified atom stereocenters. The summed E-state index contributed by atoms with van der Waals surface area (Å²) in [5.41, 5.74) is 0.631. The Morgan fingerprint density at radius 2 is 1.69 bits per heavy atom. The number of hydrogen-bond acceptors (Lipinski definition) is 4. The van der Waals surface area contributed by atoms with Crippen molar-refractivity contribution < 1.29 is 9.59 Å². The molecule has 2 fully saturated rings. The molecular formula is C20H28Cl2N2O2. The first kappa shape index (κ1) is 21.4. The van der Waals surface area contributed by atoms with Crippen molar-refractivity contribution in [1.29, 1.82) is 0 Å². The SMILES string of the molecule is Cl.O=CCC(C(=O)c1ccc(Cl)cc1)N1CCN(C2CCCCC2)CC1. The lowest BCUT2D eigenvalue weighted by molar-refractivity contribution is -0.108. The van der Waals surface area contributed by atoms with E-state index in [0.717, 1.165) is 32.5 Å². The molecular weight excluding hydrogens is 371 g/mol. The highest BCUT2D eigenvalue weighted by molar-refractivity contribution is 6.30. The summed E-state index contributed by atoms with van der Waals surface area (Å²) < 4.78 is 0. The topological polar surface area (TPSA) is 40.6 Å². The standard InChI is InChI=1S/C20H27ClN2O2.ClH/c21-17-8-6-16(7-9-17)20(25)19(10-15-24)23-13-11-22(12-14-23)18-4-2-1-3-5-18;/h6-9,15,18-19H,1-5,10-14H2;1H. The molecule has 0 spiro atoms. The first-order valence-corrected chi connectivity index (χ1v) is 9.78. The molecule has 1 aliphatic heterocycles. The molecule has 26 heavy (non-hydrogen) atoms. The van der Waals surface area contributed by atoms with Gasteiger partial charge in [-0.05, 0) is 37.1 Å². The molecule has 144 valence electrons. The zero-order chi connectivity index (χ0) is 17.6. The Bertz CT molecular complexity index is 580. The third-order valence-corrected chi connectivity index (χ3v) is 5.88. The summed E-state index contributed by atoms with van der Waals surface area (Å²) in [6.45, 7) is 3.70. The van der Waals surface area contributed by atoms with Crippen LogP contribution >= 0.6 is 24.0 Å². The highest BCUT2D eigenvalue weighted by Gasteiger charge is 2.31. The van der Waals surface area contributed by atoms with Crippen molar-refractivity contribution in [2.75, 3.05) is 26.2 Å². The Morgan fingerprint density at radius 3 is 2.27 bits per heavy atom. The minimum atomic E-state index is -0.354. The molecule has 2 aliphatic rings. The number of benzene rings is 1. The van der Waals surface area contributed by atoms with Crippen molar-refractivity contribution >= 4 is 36.1 Å². The highest BCUT2D eigenvalue weighted by atomic mass is 35.5. The second kappa shape index (κ2) is 10.4. The van der Waals surface area contributed by atoms with E-state index in [-0.39, 0.29) is 30.7 Å². The summed E-state index contributed by atoms with van der Waals surface area (Å²) in [6.07, 6.45) is 7.79. The first-order chi connectivity index (χ1) is 12.2. The van der Waals surface area contributed by atoms with E-state index < -0.39 is 0 Å². The monoisotopic (exact) mass is 398 g/mol. The van der Waals surface area contributed by atoms with Gasteiger partial charge in [-0.1, -0.05) is 30.9 Å². The quantitative estimate of drug-likeness (QED) is 0.538. The summed E-state index contributed by atoms with van der Waals surface area (Å²) in [5.74, 6) is 0.0230. The number of nitrogens with zero attached hydrogens (tertiary/aromatic N) is 2. The minimum Gasteiger partial charge on any atom is -0.303 e. The number of ketones is 1. The van der Waals surface area contributed by atoms with Crippen molar-refractivity contribution in [3.63, 3.8) is 0 Å². The van der Waals surface area contributed by atoms with Crippen LogP contribution in [0.1, 0.15) is 48.9 Å². The maximum atomic E-state index is 12.9. The van der Waals surface area contributed by atoms with Gasteiger partial charge in [0.1, 0.15) is 6.29 Å². The van der Waals surface area contributed by atoms with Gasteiger partial charge in [-0.2, -0.15) is 0 Å². The molecule has 3 rings (SSSR count). The molecule has 1 heterocycles. The summed E-state index contributed by atoms with van der Waals surface area (Å²) in [7, 11) is 0. The smallest absolute Gasteiger partial charge is 0.180 e. The van der Waals surface area contributed by atoms with Crippen molar-refractivity contribution in [1.82, 2.24) is 9.80 Å². The van der Waals surface area contributed by atoms with Crippen molar-refractivity contribution in [2.45, 2.75) is 50.6 Å². The second-order valence-electron chi connectivity index (χ2n) is 7.15. The van der Waals surface area contributed by atoms with Gasteiger partial charge in [0, 0.05) is 49.2 Å². The molecule has 0 radical (unpaired) electrons. The van der Waals surface area contributed by atoms with E-state index in [1.54, 1.807) is 24.3 Å². The summed E-state index contributed by atoms with van der Waals surface area (Å²) in [4.78, 5) is 28.8. The third kappa shape index (κ3) is 5.29. The van der Waals surface area contributed by atoms with E-state index in [4.69, 9.17) is 11.6 Å². The van der Waals surface area contributed by atoms with E-state index in [9.17, 15) is 9.59 Å². The Labute approximate surface area is 167 Å². The van der Waals surface area contributed by atoms with E-state index in [0.29, 0.717) is 16.6 Å². The zero-order valence-electron chi connectivity index (χ0n) is 15.1. The molecule has 0 bridgehead atoms. The van der Waals surface area contributed by atoms with Gasteiger partial charge in [0.05, 0.1) is 6.04 Å². The molecule has 1 aromatic carbocycles. The molecule has 0 N–H and O–H groups in total. The normalized spacial score (nSPS) is 21.0. The van der Waals surface area contributed by atoms with E-state index in [1.807, 2.05) is 0 Å². The number of halogens is 2. The molecule has 1 aliphatic carbocycles. The predicted molar refractivity (Wildman–Crippen MR) is 108 cm³/mol. The number of piperazine rings is 1. The number of hydrogen-bond donors (Lipinski definition) is 0. The average Bonchev–Trinajstić information content (AvgIpc) is 2.67. The van der Waals surface area contributed by atoms with Gasteiger partial charge < -0.3 is 4.79 Å². The summed E-state index contributed by atoms with van der Waals surface area (Å²) in [5, 5.41) is 0.615. The number of Topliss-reactive ketones (excluding diaryl/α,β-unsaturated/α-hetero) is 1. The van der Waals surface area contributed by atoms with Crippen LogP contribution in [0.25, 0.3) is 0 Å². The second-order valence-corrected chi connectivity index (χ2v) is 7.59. The van der Waals surface area contributed by atoms with Crippen LogP contribution < -0.4 is 0 Å². The van der Waals surface area contributed by atoms with Crippen LogP contribution in [0.4, 0.5) is 0 Å². The Kier molecular flexibility index (Phi) is 8.55. The molecule has 6 heteroatoms. The highest BCUT2D eigenvalue weighted by Crippen LogP contribution is 2.24. The van der Waals surface area contributed by atoms with Crippen LogP contribution in [0.2, 0.25) is 5.02 Å². The van der Waals surface area contributed by atoms with Crippen molar-refractivity contribution in [3.8, 4) is 0 Å².